The summed E-state index contributed by atoms with van der Waals surface area (Å²) < 4.78 is 10.5. The van der Waals surface area contributed by atoms with Crippen molar-refractivity contribution in [3.05, 3.63) is 51.7 Å². The monoisotopic (exact) mass is 356 g/mol. The average Bonchev–Trinajstić information content (AvgIpc) is 3.02. The predicted molar refractivity (Wildman–Crippen MR) is 98.7 cm³/mol. The van der Waals surface area contributed by atoms with Gasteiger partial charge in [0.15, 0.2) is 18.1 Å². The van der Waals surface area contributed by atoms with Gasteiger partial charge in [0.2, 0.25) is 5.91 Å². The fourth-order valence-corrected chi connectivity index (χ4v) is 3.13. The molecule has 0 saturated carbocycles. The van der Waals surface area contributed by atoms with Gasteiger partial charge in [-0.15, -0.1) is 11.3 Å². The van der Waals surface area contributed by atoms with Crippen molar-refractivity contribution in [3.63, 3.8) is 0 Å². The first-order valence-electron chi connectivity index (χ1n) is 7.69. The van der Waals surface area contributed by atoms with Crippen LogP contribution in [0.15, 0.2) is 35.7 Å². The molecule has 0 atom stereocenters. The van der Waals surface area contributed by atoms with E-state index in [0.717, 1.165) is 5.56 Å². The Labute approximate surface area is 151 Å². The Bertz CT molecular complexity index is 805. The molecular formula is C19H20N2O3S. The van der Waals surface area contributed by atoms with E-state index in [1.54, 1.807) is 41.5 Å². The van der Waals surface area contributed by atoms with E-state index in [0.29, 0.717) is 18.0 Å². The second kappa shape index (κ2) is 8.90. The van der Waals surface area contributed by atoms with E-state index in [1.165, 1.54) is 23.6 Å². The lowest BCUT2D eigenvalue weighted by Gasteiger charge is -2.14. The molecule has 2 rings (SSSR count). The molecule has 1 aromatic carbocycles. The van der Waals surface area contributed by atoms with Gasteiger partial charge in [0.25, 0.3) is 0 Å². The summed E-state index contributed by atoms with van der Waals surface area (Å²) >= 11 is 1.65. The fourth-order valence-electron chi connectivity index (χ4n) is 2.17. The number of aryl methyl sites for hydroxylation is 1. The van der Waals surface area contributed by atoms with Crippen LogP contribution in [0.3, 0.4) is 0 Å². The number of thiophene rings is 1. The smallest absolute Gasteiger partial charge is 0.246 e. The van der Waals surface area contributed by atoms with Gasteiger partial charge in [-0.05, 0) is 47.7 Å². The number of nitriles is 1. The summed E-state index contributed by atoms with van der Waals surface area (Å²) in [7, 11) is 3.32. The molecule has 130 valence electrons. The molecule has 0 aliphatic heterocycles. The number of hydrogen-bond donors (Lipinski definition) is 0. The fraction of sp³-hybridized carbons (Fsp3) is 0.263. The van der Waals surface area contributed by atoms with Crippen molar-refractivity contribution in [1.29, 1.82) is 5.26 Å². The minimum Gasteiger partial charge on any atom is -0.493 e. The Morgan fingerprint density at radius 1 is 1.36 bits per heavy atom. The minimum atomic E-state index is -0.0726. The number of ether oxygens (including phenoxy) is 2. The van der Waals surface area contributed by atoms with Gasteiger partial charge in [-0.25, -0.2) is 0 Å². The van der Waals surface area contributed by atoms with E-state index >= 15 is 0 Å². The zero-order valence-corrected chi connectivity index (χ0v) is 15.3. The van der Waals surface area contributed by atoms with E-state index in [-0.39, 0.29) is 12.5 Å². The molecule has 25 heavy (non-hydrogen) atoms. The Hall–Kier alpha value is -2.78. The van der Waals surface area contributed by atoms with Crippen LogP contribution in [0.1, 0.15) is 16.0 Å². The molecular weight excluding hydrogens is 336 g/mol. The molecule has 1 heterocycles. The number of rotatable bonds is 7. The number of hydrogen-bond acceptors (Lipinski definition) is 5. The van der Waals surface area contributed by atoms with Crippen molar-refractivity contribution in [2.45, 2.75) is 13.5 Å². The summed E-state index contributed by atoms with van der Waals surface area (Å²) in [6.45, 7) is 2.59. The Kier molecular flexibility index (Phi) is 6.61. The van der Waals surface area contributed by atoms with Gasteiger partial charge < -0.3 is 14.4 Å². The van der Waals surface area contributed by atoms with Gasteiger partial charge in [-0.1, -0.05) is 6.07 Å². The SMILES string of the molecule is COc1cc(/C=C/C(=O)N(C)Cc2sccc2C)ccc1OCC#N. The standard InChI is InChI=1S/C19H20N2O3S/c1-14-8-11-25-18(14)13-21(2)19(22)7-5-15-4-6-16(24-10-9-20)17(12-15)23-3/h4-8,11-12H,10,13H2,1-3H3/b7-5+. The van der Waals surface area contributed by atoms with Crippen molar-refractivity contribution in [2.24, 2.45) is 0 Å². The van der Waals surface area contributed by atoms with Gasteiger partial charge in [0.1, 0.15) is 6.07 Å². The van der Waals surface area contributed by atoms with Crippen LogP contribution in [0, 0.1) is 18.3 Å². The molecule has 0 unspecified atom stereocenters. The number of nitrogens with zero attached hydrogens (tertiary/aromatic N) is 2. The van der Waals surface area contributed by atoms with E-state index < -0.39 is 0 Å². The number of carbonyl (C=O) groups is 1. The molecule has 0 aliphatic rings. The van der Waals surface area contributed by atoms with Crippen LogP contribution in [-0.4, -0.2) is 31.6 Å². The van der Waals surface area contributed by atoms with Crippen LogP contribution >= 0.6 is 11.3 Å². The zero-order valence-electron chi connectivity index (χ0n) is 14.5. The van der Waals surface area contributed by atoms with Crippen LogP contribution in [0.2, 0.25) is 0 Å². The van der Waals surface area contributed by atoms with Crippen molar-refractivity contribution in [1.82, 2.24) is 4.90 Å². The van der Waals surface area contributed by atoms with E-state index in [4.69, 9.17) is 14.7 Å². The molecule has 0 N–H and O–H groups in total. The number of carbonyl (C=O) groups excluding carboxylic acids is 1. The molecule has 0 radical (unpaired) electrons. The summed E-state index contributed by atoms with van der Waals surface area (Å²) in [6.07, 6.45) is 3.27. The first-order chi connectivity index (χ1) is 12.0. The molecule has 0 spiro atoms. The first kappa shape index (κ1) is 18.6. The number of benzene rings is 1. The normalized spacial score (nSPS) is 10.5. The van der Waals surface area contributed by atoms with E-state index in [1.807, 2.05) is 24.4 Å². The largest absolute Gasteiger partial charge is 0.493 e. The summed E-state index contributed by atoms with van der Waals surface area (Å²) in [5.41, 5.74) is 2.02. The maximum Gasteiger partial charge on any atom is 0.246 e. The lowest BCUT2D eigenvalue weighted by molar-refractivity contribution is -0.125. The molecule has 1 amide bonds. The minimum absolute atomic E-state index is 0.0447. The number of likely N-dealkylation sites (N-methyl/N-ethyl adjacent to an activating group) is 1. The molecule has 0 aliphatic carbocycles. The Balaban J connectivity index is 2.03. The molecule has 6 heteroatoms. The van der Waals surface area contributed by atoms with Crippen LogP contribution < -0.4 is 9.47 Å². The summed E-state index contributed by atoms with van der Waals surface area (Å²) in [5, 5.41) is 10.6. The maximum absolute atomic E-state index is 12.3. The quantitative estimate of drug-likeness (QED) is 0.711. The molecule has 0 fully saturated rings. The van der Waals surface area contributed by atoms with Crippen LogP contribution in [-0.2, 0) is 11.3 Å². The van der Waals surface area contributed by atoms with E-state index in [2.05, 4.69) is 6.07 Å². The van der Waals surface area contributed by atoms with Gasteiger partial charge in [-0.3, -0.25) is 4.79 Å². The van der Waals surface area contributed by atoms with Crippen molar-refractivity contribution in [2.75, 3.05) is 20.8 Å². The zero-order chi connectivity index (χ0) is 18.2. The van der Waals surface area contributed by atoms with Crippen molar-refractivity contribution >= 4 is 23.3 Å². The maximum atomic E-state index is 12.3. The highest BCUT2D eigenvalue weighted by atomic mass is 32.1. The van der Waals surface area contributed by atoms with Gasteiger partial charge in [0.05, 0.1) is 13.7 Å². The van der Waals surface area contributed by atoms with Crippen molar-refractivity contribution in [3.8, 4) is 17.6 Å². The molecule has 1 aromatic heterocycles. The van der Waals surface area contributed by atoms with Gasteiger partial charge in [0, 0.05) is 18.0 Å². The van der Waals surface area contributed by atoms with Gasteiger partial charge >= 0.3 is 0 Å². The molecule has 5 nitrogen and oxygen atoms in total. The highest BCUT2D eigenvalue weighted by Crippen LogP contribution is 2.28. The molecule has 2 aromatic rings. The lowest BCUT2D eigenvalue weighted by atomic mass is 10.2. The third kappa shape index (κ3) is 5.10. The third-order valence-electron chi connectivity index (χ3n) is 3.62. The van der Waals surface area contributed by atoms with Crippen LogP contribution in [0.4, 0.5) is 0 Å². The highest BCUT2D eigenvalue weighted by molar-refractivity contribution is 7.10. The van der Waals surface area contributed by atoms with Crippen LogP contribution in [0.25, 0.3) is 6.08 Å². The Morgan fingerprint density at radius 2 is 2.16 bits per heavy atom. The predicted octanol–water partition coefficient (Wildman–Crippen LogP) is 3.64. The summed E-state index contributed by atoms with van der Waals surface area (Å²) in [4.78, 5) is 15.1. The average molecular weight is 356 g/mol. The van der Waals surface area contributed by atoms with Crippen molar-refractivity contribution < 1.29 is 14.3 Å². The van der Waals surface area contributed by atoms with Gasteiger partial charge in [-0.2, -0.15) is 5.26 Å². The number of methoxy groups -OCH3 is 1. The van der Waals surface area contributed by atoms with E-state index in [9.17, 15) is 4.79 Å². The first-order valence-corrected chi connectivity index (χ1v) is 8.57. The molecule has 0 saturated heterocycles. The Morgan fingerprint density at radius 3 is 2.80 bits per heavy atom. The van der Waals surface area contributed by atoms with Crippen LogP contribution in [0.5, 0.6) is 11.5 Å². The summed E-state index contributed by atoms with van der Waals surface area (Å²) in [5.74, 6) is 0.946. The third-order valence-corrected chi connectivity index (χ3v) is 4.63. The second-order valence-electron chi connectivity index (χ2n) is 5.41. The lowest BCUT2D eigenvalue weighted by Crippen LogP contribution is -2.23. The highest BCUT2D eigenvalue weighted by Gasteiger charge is 2.09. The molecule has 0 bridgehead atoms. The topological polar surface area (TPSA) is 62.6 Å². The second-order valence-corrected chi connectivity index (χ2v) is 6.41. The number of amides is 1. The summed E-state index contributed by atoms with van der Waals surface area (Å²) in [6, 6.07) is 9.26.